The number of hydrogen-bond acceptors (Lipinski definition) is 7. The van der Waals surface area contributed by atoms with Gasteiger partial charge in [0.2, 0.25) is 11.5 Å². The molecule has 2 aliphatic heterocycles. The second-order valence-electron chi connectivity index (χ2n) is 8.28. The Balaban J connectivity index is 1.92. The van der Waals surface area contributed by atoms with E-state index in [1.54, 1.807) is 30.3 Å². The molecule has 2 unspecified atom stereocenters. The van der Waals surface area contributed by atoms with Gasteiger partial charge in [-0.25, -0.2) is 0 Å². The Morgan fingerprint density at radius 1 is 1.03 bits per heavy atom. The van der Waals surface area contributed by atoms with Gasteiger partial charge in [0.1, 0.15) is 5.75 Å². The number of carbonyl (C=O) groups excluding carboxylic acids is 3. The number of rotatable bonds is 7. The molecular weight excluding hydrogens is 448 g/mol. The minimum absolute atomic E-state index is 0.180. The molecule has 1 amide bonds. The molecule has 0 spiro atoms. The fourth-order valence-corrected chi connectivity index (χ4v) is 4.68. The van der Waals surface area contributed by atoms with Gasteiger partial charge in [-0.3, -0.25) is 19.3 Å². The smallest absolute Gasteiger partial charge is 0.294 e. The topological polar surface area (TPSA) is 85.4 Å². The van der Waals surface area contributed by atoms with E-state index < -0.39 is 29.1 Å². The lowest BCUT2D eigenvalue weighted by Gasteiger charge is -2.44. The van der Waals surface area contributed by atoms with E-state index in [1.165, 1.54) is 25.2 Å². The van der Waals surface area contributed by atoms with Crippen LogP contribution in [0.25, 0.3) is 0 Å². The lowest BCUT2D eigenvalue weighted by atomic mass is 9.80. The van der Waals surface area contributed by atoms with E-state index in [2.05, 4.69) is 0 Å². The monoisotopic (exact) mass is 472 g/mol. The van der Waals surface area contributed by atoms with Crippen molar-refractivity contribution in [1.29, 1.82) is 0 Å². The summed E-state index contributed by atoms with van der Waals surface area (Å²) >= 11 is 6.10. The second-order valence-corrected chi connectivity index (χ2v) is 8.72. The van der Waals surface area contributed by atoms with E-state index in [9.17, 15) is 14.4 Å². The third-order valence-corrected chi connectivity index (χ3v) is 6.26. The first kappa shape index (κ1) is 23.1. The number of likely N-dealkylation sites (tertiary alicyclic amines) is 1. The largest absolute Gasteiger partial charge is 0.493 e. The Bertz CT molecular complexity index is 1130. The fourth-order valence-electron chi connectivity index (χ4n) is 4.51. The van der Waals surface area contributed by atoms with E-state index in [-0.39, 0.29) is 17.9 Å². The molecule has 2 atom stereocenters. The van der Waals surface area contributed by atoms with Crippen LogP contribution in [0.4, 0.5) is 0 Å². The first-order valence-corrected chi connectivity index (χ1v) is 10.9. The van der Waals surface area contributed by atoms with E-state index in [0.717, 1.165) is 0 Å². The van der Waals surface area contributed by atoms with Gasteiger partial charge >= 0.3 is 0 Å². The Kier molecular flexibility index (Phi) is 6.07. The predicted octanol–water partition coefficient (Wildman–Crippen LogP) is 2.76. The Morgan fingerprint density at radius 2 is 1.76 bits per heavy atom. The zero-order valence-corrected chi connectivity index (χ0v) is 19.6. The van der Waals surface area contributed by atoms with Crippen LogP contribution < -0.4 is 14.2 Å². The highest BCUT2D eigenvalue weighted by Crippen LogP contribution is 2.51. The van der Waals surface area contributed by atoms with Crippen molar-refractivity contribution in [2.45, 2.75) is 12.1 Å². The van der Waals surface area contributed by atoms with E-state index >= 15 is 0 Å². The highest BCUT2D eigenvalue weighted by Gasteiger charge is 2.66. The summed E-state index contributed by atoms with van der Waals surface area (Å²) in [4.78, 5) is 43.4. The molecule has 0 aliphatic carbocycles. The van der Waals surface area contributed by atoms with Gasteiger partial charge in [-0.05, 0) is 63.5 Å². The van der Waals surface area contributed by atoms with Crippen molar-refractivity contribution in [2.75, 3.05) is 41.4 Å². The maximum absolute atomic E-state index is 13.6. The maximum atomic E-state index is 13.6. The van der Waals surface area contributed by atoms with Crippen molar-refractivity contribution < 1.29 is 28.6 Å². The molecule has 0 radical (unpaired) electrons. The molecule has 2 aromatic carbocycles. The Hall–Kier alpha value is -3.10. The van der Waals surface area contributed by atoms with Gasteiger partial charge in [-0.15, -0.1) is 0 Å². The summed E-state index contributed by atoms with van der Waals surface area (Å²) in [5.74, 6) is -2.29. The van der Waals surface area contributed by atoms with Crippen LogP contribution in [0, 0.1) is 5.92 Å². The number of halogens is 1. The molecule has 1 fully saturated rings. The number of methoxy groups -OCH3 is 2. The average molecular weight is 473 g/mol. The first-order chi connectivity index (χ1) is 15.7. The van der Waals surface area contributed by atoms with Gasteiger partial charge in [0, 0.05) is 17.1 Å². The van der Waals surface area contributed by atoms with E-state index in [1.807, 2.05) is 19.0 Å². The Labute approximate surface area is 197 Å². The summed E-state index contributed by atoms with van der Waals surface area (Å²) < 4.78 is 17.2. The summed E-state index contributed by atoms with van der Waals surface area (Å²) in [7, 11) is 6.84. The Morgan fingerprint density at radius 3 is 2.42 bits per heavy atom. The SMILES string of the molecule is COc1ccc(C23Oc4ccc(Cl)cc4C(=O)C2C(=O)C(=O)N3CCCN(C)C)cc1OC. The summed E-state index contributed by atoms with van der Waals surface area (Å²) in [5, 5.41) is 0.337. The highest BCUT2D eigenvalue weighted by atomic mass is 35.5. The molecule has 0 N–H and O–H groups in total. The minimum atomic E-state index is -1.64. The van der Waals surface area contributed by atoms with Crippen LogP contribution in [0.3, 0.4) is 0 Å². The number of hydrogen-bond donors (Lipinski definition) is 0. The number of ether oxygens (including phenoxy) is 3. The van der Waals surface area contributed by atoms with Crippen molar-refractivity contribution >= 4 is 29.1 Å². The van der Waals surface area contributed by atoms with Crippen molar-refractivity contribution in [1.82, 2.24) is 9.80 Å². The lowest BCUT2D eigenvalue weighted by Crippen LogP contribution is -2.55. The molecule has 1 saturated heterocycles. The maximum Gasteiger partial charge on any atom is 0.294 e. The highest BCUT2D eigenvalue weighted by molar-refractivity contribution is 6.44. The van der Waals surface area contributed by atoms with Gasteiger partial charge in [0.15, 0.2) is 23.2 Å². The minimum Gasteiger partial charge on any atom is -0.493 e. The lowest BCUT2D eigenvalue weighted by molar-refractivity contribution is -0.148. The molecule has 0 saturated carbocycles. The summed E-state index contributed by atoms with van der Waals surface area (Å²) in [6.07, 6.45) is 0.582. The fraction of sp³-hybridized carbons (Fsp3) is 0.375. The van der Waals surface area contributed by atoms with Gasteiger partial charge in [0.05, 0.1) is 19.8 Å². The third kappa shape index (κ3) is 3.63. The predicted molar refractivity (Wildman–Crippen MR) is 121 cm³/mol. The van der Waals surface area contributed by atoms with Gasteiger partial charge in [-0.2, -0.15) is 0 Å². The molecule has 174 valence electrons. The van der Waals surface area contributed by atoms with E-state index in [4.69, 9.17) is 25.8 Å². The zero-order valence-electron chi connectivity index (χ0n) is 18.9. The number of ketones is 2. The normalized spacial score (nSPS) is 21.7. The molecule has 0 bridgehead atoms. The zero-order chi connectivity index (χ0) is 23.9. The molecule has 2 heterocycles. The summed E-state index contributed by atoms with van der Waals surface area (Å²) in [5.41, 5.74) is -1.01. The van der Waals surface area contributed by atoms with Crippen LogP contribution in [0.1, 0.15) is 22.3 Å². The van der Waals surface area contributed by atoms with Crippen LogP contribution in [-0.4, -0.2) is 68.7 Å². The van der Waals surface area contributed by atoms with Gasteiger partial charge in [-0.1, -0.05) is 11.6 Å². The number of Topliss-reactive ketones (excluding diaryl/α,β-unsaturated/α-hetero) is 2. The van der Waals surface area contributed by atoms with Crippen molar-refractivity contribution in [3.63, 3.8) is 0 Å². The summed E-state index contributed by atoms with van der Waals surface area (Å²) in [6.45, 7) is 0.911. The summed E-state index contributed by atoms with van der Waals surface area (Å²) in [6, 6.07) is 9.64. The second kappa shape index (κ2) is 8.68. The standard InChI is InChI=1S/C24H25ClN2O6/c1-26(2)10-5-11-27-23(30)22(29)20-21(28)16-13-15(25)7-9-17(16)33-24(20,27)14-6-8-18(31-3)19(12-14)32-4/h6-9,12-13,20H,5,10-11H2,1-4H3. The number of amides is 1. The average Bonchev–Trinajstić information content (AvgIpc) is 3.01. The van der Waals surface area contributed by atoms with Crippen LogP contribution in [0.15, 0.2) is 36.4 Å². The quantitative estimate of drug-likeness (QED) is 0.452. The van der Waals surface area contributed by atoms with Crippen LogP contribution in [0.2, 0.25) is 5.02 Å². The van der Waals surface area contributed by atoms with Gasteiger partial charge in [0.25, 0.3) is 5.91 Å². The number of nitrogens with zero attached hydrogens (tertiary/aromatic N) is 2. The number of carbonyl (C=O) groups is 3. The van der Waals surface area contributed by atoms with Crippen molar-refractivity contribution in [3.05, 3.63) is 52.5 Å². The van der Waals surface area contributed by atoms with Crippen LogP contribution >= 0.6 is 11.6 Å². The van der Waals surface area contributed by atoms with Crippen LogP contribution in [0.5, 0.6) is 17.2 Å². The van der Waals surface area contributed by atoms with Crippen LogP contribution in [-0.2, 0) is 15.3 Å². The molecule has 0 aromatic heterocycles. The molecule has 4 rings (SSSR count). The molecule has 2 aliphatic rings. The first-order valence-electron chi connectivity index (χ1n) is 10.5. The molecular formula is C24H25ClN2O6. The number of fused-ring (bicyclic) bond motifs is 2. The third-order valence-electron chi connectivity index (χ3n) is 6.03. The van der Waals surface area contributed by atoms with Gasteiger partial charge < -0.3 is 19.1 Å². The molecule has 33 heavy (non-hydrogen) atoms. The number of benzene rings is 2. The molecule has 2 aromatic rings. The molecule has 8 nitrogen and oxygen atoms in total. The van der Waals surface area contributed by atoms with E-state index in [0.29, 0.717) is 35.1 Å². The van der Waals surface area contributed by atoms with Crippen molar-refractivity contribution in [3.8, 4) is 17.2 Å². The van der Waals surface area contributed by atoms with Crippen molar-refractivity contribution in [2.24, 2.45) is 5.92 Å². The molecule has 9 heteroatoms.